The van der Waals surface area contributed by atoms with E-state index in [2.05, 4.69) is 20.8 Å². The average Bonchev–Trinajstić information content (AvgIpc) is 2.20. The zero-order chi connectivity index (χ0) is 11.0. The molecule has 1 N–H and O–H groups in total. The monoisotopic (exact) mass is 194 g/mol. The van der Waals surface area contributed by atoms with E-state index in [1.807, 2.05) is 0 Å². The summed E-state index contributed by atoms with van der Waals surface area (Å²) in [6.45, 7) is 6.64. The van der Waals surface area contributed by atoms with Crippen LogP contribution in [0.2, 0.25) is 0 Å². The molecule has 1 rings (SSSR count). The maximum atomic E-state index is 10.0. The van der Waals surface area contributed by atoms with E-state index in [0.29, 0.717) is 5.56 Å². The van der Waals surface area contributed by atoms with Crippen molar-refractivity contribution >= 4 is 6.29 Å². The van der Waals surface area contributed by atoms with Gasteiger partial charge in [-0.25, -0.2) is 0 Å². The van der Waals surface area contributed by atoms with Gasteiger partial charge in [0.2, 0.25) is 0 Å². The third kappa shape index (κ3) is 6.23. The maximum absolute atomic E-state index is 10.0. The first-order valence-electron chi connectivity index (χ1n) is 4.84. The van der Waals surface area contributed by atoms with Crippen molar-refractivity contribution in [2.75, 3.05) is 0 Å². The number of carbonyl (C=O) groups excluding carboxylic acids is 1. The molecule has 2 nitrogen and oxygen atoms in total. The molecular formula is C12H18O2. The van der Waals surface area contributed by atoms with Crippen LogP contribution < -0.4 is 0 Å². The summed E-state index contributed by atoms with van der Waals surface area (Å²) < 4.78 is 0. The number of rotatable bonds is 2. The van der Waals surface area contributed by atoms with E-state index < -0.39 is 0 Å². The number of carbonyl (C=O) groups is 1. The Morgan fingerprint density at radius 1 is 1.29 bits per heavy atom. The van der Waals surface area contributed by atoms with Crippen LogP contribution in [0.3, 0.4) is 0 Å². The Bertz CT molecular complexity index is 250. The van der Waals surface area contributed by atoms with Crippen molar-refractivity contribution in [1.82, 2.24) is 0 Å². The Morgan fingerprint density at radius 3 is 2.00 bits per heavy atom. The molecule has 0 amide bonds. The second kappa shape index (κ2) is 7.13. The first-order chi connectivity index (χ1) is 6.60. The molecule has 0 saturated heterocycles. The zero-order valence-corrected chi connectivity index (χ0v) is 9.03. The SMILES string of the molecule is CCC(C)C.O=Cc1ccc(O)cc1. The van der Waals surface area contributed by atoms with Crippen LogP contribution in [0.25, 0.3) is 0 Å². The maximum Gasteiger partial charge on any atom is 0.150 e. The highest BCUT2D eigenvalue weighted by atomic mass is 16.3. The number of benzene rings is 1. The topological polar surface area (TPSA) is 37.3 Å². The van der Waals surface area contributed by atoms with Crippen LogP contribution >= 0.6 is 0 Å². The van der Waals surface area contributed by atoms with Crippen LogP contribution in [0.4, 0.5) is 0 Å². The first-order valence-corrected chi connectivity index (χ1v) is 4.84. The van der Waals surface area contributed by atoms with Crippen LogP contribution in [0.5, 0.6) is 5.75 Å². The molecule has 0 aliphatic rings. The Labute approximate surface area is 85.6 Å². The molecule has 78 valence electrons. The highest BCUT2D eigenvalue weighted by Gasteiger charge is 1.86. The third-order valence-electron chi connectivity index (χ3n) is 1.85. The van der Waals surface area contributed by atoms with Crippen molar-refractivity contribution in [1.29, 1.82) is 0 Å². The number of phenolic OH excluding ortho intramolecular Hbond substituents is 1. The molecule has 0 bridgehead atoms. The minimum atomic E-state index is 0.181. The van der Waals surface area contributed by atoms with E-state index in [0.717, 1.165) is 12.2 Å². The largest absolute Gasteiger partial charge is 0.508 e. The lowest BCUT2D eigenvalue weighted by molar-refractivity contribution is 0.112. The van der Waals surface area contributed by atoms with Crippen molar-refractivity contribution in [3.63, 3.8) is 0 Å². The fraction of sp³-hybridized carbons (Fsp3) is 0.417. The molecule has 0 aliphatic heterocycles. The van der Waals surface area contributed by atoms with E-state index in [9.17, 15) is 4.79 Å². The molecule has 0 aromatic heterocycles. The van der Waals surface area contributed by atoms with E-state index in [4.69, 9.17) is 5.11 Å². The highest BCUT2D eigenvalue weighted by molar-refractivity contribution is 5.74. The second-order valence-corrected chi connectivity index (χ2v) is 3.51. The van der Waals surface area contributed by atoms with Crippen LogP contribution in [0.15, 0.2) is 24.3 Å². The summed E-state index contributed by atoms with van der Waals surface area (Å²) in [5.41, 5.74) is 0.577. The van der Waals surface area contributed by atoms with Crippen LogP contribution in [-0.4, -0.2) is 11.4 Å². The van der Waals surface area contributed by atoms with Gasteiger partial charge < -0.3 is 5.11 Å². The summed E-state index contributed by atoms with van der Waals surface area (Å²) in [5.74, 6) is 1.07. The van der Waals surface area contributed by atoms with Crippen LogP contribution in [-0.2, 0) is 0 Å². The van der Waals surface area contributed by atoms with Crippen molar-refractivity contribution in [2.45, 2.75) is 27.2 Å². The molecular weight excluding hydrogens is 176 g/mol. The molecule has 0 heterocycles. The summed E-state index contributed by atoms with van der Waals surface area (Å²) in [6, 6.07) is 6.07. The van der Waals surface area contributed by atoms with Gasteiger partial charge in [0, 0.05) is 5.56 Å². The van der Waals surface area contributed by atoms with E-state index in [1.165, 1.54) is 18.6 Å². The molecule has 0 fully saturated rings. The summed E-state index contributed by atoms with van der Waals surface area (Å²) in [4.78, 5) is 10.0. The Kier molecular flexibility index (Phi) is 6.46. The summed E-state index contributed by atoms with van der Waals surface area (Å²) in [7, 11) is 0. The van der Waals surface area contributed by atoms with Gasteiger partial charge in [-0.1, -0.05) is 27.2 Å². The van der Waals surface area contributed by atoms with Gasteiger partial charge >= 0.3 is 0 Å². The van der Waals surface area contributed by atoms with Crippen molar-refractivity contribution < 1.29 is 9.90 Å². The average molecular weight is 194 g/mol. The number of phenols is 1. The first kappa shape index (κ1) is 12.7. The summed E-state index contributed by atoms with van der Waals surface area (Å²) in [6.07, 6.45) is 2.04. The summed E-state index contributed by atoms with van der Waals surface area (Å²) in [5, 5.41) is 8.74. The van der Waals surface area contributed by atoms with E-state index in [-0.39, 0.29) is 5.75 Å². The lowest BCUT2D eigenvalue weighted by Crippen LogP contribution is -1.77. The minimum Gasteiger partial charge on any atom is -0.508 e. The fourth-order valence-corrected chi connectivity index (χ4v) is 0.553. The van der Waals surface area contributed by atoms with Crippen molar-refractivity contribution in [3.05, 3.63) is 29.8 Å². The lowest BCUT2D eigenvalue weighted by atomic mass is 10.2. The molecule has 14 heavy (non-hydrogen) atoms. The Morgan fingerprint density at radius 2 is 1.71 bits per heavy atom. The van der Waals surface area contributed by atoms with E-state index in [1.54, 1.807) is 12.1 Å². The smallest absolute Gasteiger partial charge is 0.150 e. The third-order valence-corrected chi connectivity index (χ3v) is 1.85. The van der Waals surface area contributed by atoms with Gasteiger partial charge in [-0.3, -0.25) is 4.79 Å². The van der Waals surface area contributed by atoms with E-state index >= 15 is 0 Å². The number of aldehydes is 1. The Hall–Kier alpha value is -1.31. The Balaban J connectivity index is 0.000000292. The standard InChI is InChI=1S/C7H6O2.C5H12/c8-5-6-1-3-7(9)4-2-6;1-4-5(2)3/h1-5,9H;5H,4H2,1-3H3. The van der Waals surface area contributed by atoms with Gasteiger partial charge in [0.15, 0.2) is 0 Å². The summed E-state index contributed by atoms with van der Waals surface area (Å²) >= 11 is 0. The number of hydrogen-bond acceptors (Lipinski definition) is 2. The molecule has 0 radical (unpaired) electrons. The minimum absolute atomic E-state index is 0.181. The molecule has 0 aliphatic carbocycles. The molecule has 2 heteroatoms. The number of aromatic hydroxyl groups is 1. The fourth-order valence-electron chi connectivity index (χ4n) is 0.553. The van der Waals surface area contributed by atoms with Gasteiger partial charge in [-0.05, 0) is 30.2 Å². The normalized spacial score (nSPS) is 9.14. The predicted octanol–water partition coefficient (Wildman–Crippen LogP) is 3.26. The molecule has 0 unspecified atom stereocenters. The molecule has 0 atom stereocenters. The predicted molar refractivity (Wildman–Crippen MR) is 58.6 cm³/mol. The highest BCUT2D eigenvalue weighted by Crippen LogP contribution is 2.07. The van der Waals surface area contributed by atoms with Crippen LogP contribution in [0, 0.1) is 5.92 Å². The molecule has 1 aromatic rings. The van der Waals surface area contributed by atoms with Crippen molar-refractivity contribution in [3.8, 4) is 5.75 Å². The van der Waals surface area contributed by atoms with Gasteiger partial charge in [-0.2, -0.15) is 0 Å². The molecule has 0 saturated carbocycles. The van der Waals surface area contributed by atoms with Crippen LogP contribution in [0.1, 0.15) is 37.6 Å². The molecule has 0 spiro atoms. The van der Waals surface area contributed by atoms with Gasteiger partial charge in [0.25, 0.3) is 0 Å². The number of hydrogen-bond donors (Lipinski definition) is 1. The zero-order valence-electron chi connectivity index (χ0n) is 9.03. The molecule has 1 aromatic carbocycles. The van der Waals surface area contributed by atoms with Crippen molar-refractivity contribution in [2.24, 2.45) is 5.92 Å². The van der Waals surface area contributed by atoms with Gasteiger partial charge in [-0.15, -0.1) is 0 Å². The second-order valence-electron chi connectivity index (χ2n) is 3.51. The lowest BCUT2D eigenvalue weighted by Gasteiger charge is -1.90. The quantitative estimate of drug-likeness (QED) is 0.734. The van der Waals surface area contributed by atoms with Gasteiger partial charge in [0.05, 0.1) is 0 Å². The van der Waals surface area contributed by atoms with Gasteiger partial charge in [0.1, 0.15) is 12.0 Å².